The second-order valence-electron chi connectivity index (χ2n) is 3.86. The van der Waals surface area contributed by atoms with Crippen molar-refractivity contribution >= 4 is 11.8 Å². The van der Waals surface area contributed by atoms with Crippen LogP contribution in [-0.4, -0.2) is 29.4 Å². The summed E-state index contributed by atoms with van der Waals surface area (Å²) in [7, 11) is 1.67. The fraction of sp³-hybridized carbons (Fsp3) is 0.538. The van der Waals surface area contributed by atoms with Gasteiger partial charge in [-0.1, -0.05) is 12.5 Å². The van der Waals surface area contributed by atoms with Crippen molar-refractivity contribution in [2.24, 2.45) is 0 Å². The minimum Gasteiger partial charge on any atom is -0.497 e. The zero-order chi connectivity index (χ0) is 12.5. The maximum atomic E-state index is 8.68. The number of hydrogen-bond acceptors (Lipinski definition) is 4. The Bertz CT molecular complexity index is 315. The van der Waals surface area contributed by atoms with Crippen LogP contribution in [0.5, 0.6) is 5.75 Å². The number of hydrogen-bond donors (Lipinski definition) is 2. The average molecular weight is 256 g/mol. The van der Waals surface area contributed by atoms with Gasteiger partial charge in [-0.3, -0.25) is 0 Å². The topological polar surface area (TPSA) is 49.7 Å². The minimum absolute atomic E-state index is 0.476. The molecule has 17 heavy (non-hydrogen) atoms. The van der Waals surface area contributed by atoms with Crippen molar-refractivity contribution in [1.29, 1.82) is 0 Å². The molecule has 0 heterocycles. The van der Waals surface area contributed by atoms with Gasteiger partial charge >= 0.3 is 0 Å². The van der Waals surface area contributed by atoms with E-state index in [4.69, 9.17) is 14.9 Å². The Morgan fingerprint density at radius 3 is 2.76 bits per heavy atom. The number of methoxy groups -OCH3 is 1. The van der Waals surface area contributed by atoms with Gasteiger partial charge < -0.3 is 14.9 Å². The highest BCUT2D eigenvalue weighted by atomic mass is 32.2. The first kappa shape index (κ1) is 14.4. The summed E-state index contributed by atoms with van der Waals surface area (Å²) in [5, 5.41) is 17.4. The van der Waals surface area contributed by atoms with Gasteiger partial charge in [0.1, 0.15) is 5.75 Å². The molecule has 1 aromatic rings. The molecule has 3 nitrogen and oxygen atoms in total. The van der Waals surface area contributed by atoms with Crippen molar-refractivity contribution in [3.8, 4) is 5.75 Å². The van der Waals surface area contributed by atoms with E-state index in [0.717, 1.165) is 30.8 Å². The molecule has 0 aliphatic rings. The van der Waals surface area contributed by atoms with E-state index in [1.165, 1.54) is 4.90 Å². The first-order chi connectivity index (χ1) is 8.22. The van der Waals surface area contributed by atoms with E-state index in [9.17, 15) is 0 Å². The van der Waals surface area contributed by atoms with Gasteiger partial charge in [-0.25, -0.2) is 0 Å². The van der Waals surface area contributed by atoms with Crippen LogP contribution in [0.4, 0.5) is 0 Å². The van der Waals surface area contributed by atoms with Crippen LogP contribution in [0.2, 0.25) is 0 Å². The first-order valence-corrected chi connectivity index (χ1v) is 6.84. The molecule has 0 fully saturated rings. The lowest BCUT2D eigenvalue weighted by molar-refractivity contribution is -0.0465. The number of benzene rings is 1. The summed E-state index contributed by atoms with van der Waals surface area (Å²) in [6.07, 6.45) is 2.32. The van der Waals surface area contributed by atoms with Gasteiger partial charge in [-0.2, -0.15) is 0 Å². The highest BCUT2D eigenvalue weighted by Crippen LogP contribution is 2.23. The van der Waals surface area contributed by atoms with E-state index in [-0.39, 0.29) is 0 Å². The molecular formula is C13H20O3S. The maximum absolute atomic E-state index is 8.68. The van der Waals surface area contributed by atoms with Gasteiger partial charge in [-0.15, -0.1) is 11.8 Å². The van der Waals surface area contributed by atoms with Crippen molar-refractivity contribution in [3.63, 3.8) is 0 Å². The Hall–Kier alpha value is -0.710. The standard InChI is InChI=1S/C13H20O3S/c1-16-11-6-5-7-12(10-11)17-9-4-2-3-8-13(14)15/h5-7,10,13-15H,2-4,8-9H2,1H3. The highest BCUT2D eigenvalue weighted by Gasteiger charge is 1.99. The molecular weight excluding hydrogens is 236 g/mol. The molecule has 4 heteroatoms. The van der Waals surface area contributed by atoms with Crippen molar-refractivity contribution in [2.75, 3.05) is 12.9 Å². The van der Waals surface area contributed by atoms with Crippen LogP contribution >= 0.6 is 11.8 Å². The van der Waals surface area contributed by atoms with Gasteiger partial charge in [0.25, 0.3) is 0 Å². The SMILES string of the molecule is COc1cccc(SCCCCCC(O)O)c1. The fourth-order valence-electron chi connectivity index (χ4n) is 1.49. The molecule has 0 aliphatic carbocycles. The summed E-state index contributed by atoms with van der Waals surface area (Å²) in [5.74, 6) is 1.94. The van der Waals surface area contributed by atoms with Crippen molar-refractivity contribution in [2.45, 2.75) is 36.9 Å². The van der Waals surface area contributed by atoms with E-state index < -0.39 is 6.29 Å². The molecule has 0 saturated heterocycles. The van der Waals surface area contributed by atoms with E-state index in [0.29, 0.717) is 6.42 Å². The molecule has 0 spiro atoms. The smallest absolute Gasteiger partial charge is 0.151 e. The van der Waals surface area contributed by atoms with Gasteiger partial charge in [0, 0.05) is 4.90 Å². The minimum atomic E-state index is -1.15. The number of rotatable bonds is 8. The number of aliphatic hydroxyl groups is 2. The normalized spacial score (nSPS) is 10.8. The lowest BCUT2D eigenvalue weighted by atomic mass is 10.2. The third-order valence-electron chi connectivity index (χ3n) is 2.42. The van der Waals surface area contributed by atoms with Crippen LogP contribution in [0.25, 0.3) is 0 Å². The Balaban J connectivity index is 2.13. The van der Waals surface area contributed by atoms with Crippen LogP contribution in [-0.2, 0) is 0 Å². The van der Waals surface area contributed by atoms with Gasteiger partial charge in [-0.05, 0) is 43.2 Å². The van der Waals surface area contributed by atoms with Crippen LogP contribution < -0.4 is 4.74 Å². The van der Waals surface area contributed by atoms with Crippen LogP contribution in [0, 0.1) is 0 Å². The summed E-state index contributed by atoms with van der Waals surface area (Å²) in [6.45, 7) is 0. The zero-order valence-electron chi connectivity index (χ0n) is 10.1. The largest absolute Gasteiger partial charge is 0.497 e. The fourth-order valence-corrected chi connectivity index (χ4v) is 2.45. The van der Waals surface area contributed by atoms with E-state index in [2.05, 4.69) is 6.07 Å². The summed E-state index contributed by atoms with van der Waals surface area (Å²) in [4.78, 5) is 1.21. The number of thioether (sulfide) groups is 1. The number of unbranched alkanes of at least 4 members (excludes halogenated alkanes) is 2. The molecule has 1 aromatic carbocycles. The molecule has 0 aliphatic heterocycles. The molecule has 96 valence electrons. The van der Waals surface area contributed by atoms with E-state index in [1.807, 2.05) is 18.2 Å². The number of aliphatic hydroxyl groups excluding tert-OH is 1. The van der Waals surface area contributed by atoms with Crippen LogP contribution in [0.3, 0.4) is 0 Å². The third-order valence-corrected chi connectivity index (χ3v) is 3.50. The Labute approximate surface area is 107 Å². The summed E-state index contributed by atoms with van der Waals surface area (Å²) in [6, 6.07) is 8.03. The van der Waals surface area contributed by atoms with Crippen LogP contribution in [0.15, 0.2) is 29.2 Å². The molecule has 0 aromatic heterocycles. The third kappa shape index (κ3) is 6.56. The molecule has 1 rings (SSSR count). The molecule has 0 atom stereocenters. The molecule has 0 saturated carbocycles. The second-order valence-corrected chi connectivity index (χ2v) is 5.03. The lowest BCUT2D eigenvalue weighted by Crippen LogP contribution is -2.02. The number of ether oxygens (including phenoxy) is 1. The summed E-state index contributed by atoms with van der Waals surface area (Å²) >= 11 is 1.80. The van der Waals surface area contributed by atoms with E-state index in [1.54, 1.807) is 18.9 Å². The quantitative estimate of drug-likeness (QED) is 0.426. The predicted molar refractivity (Wildman–Crippen MR) is 70.4 cm³/mol. The molecule has 2 N–H and O–H groups in total. The van der Waals surface area contributed by atoms with Crippen molar-refractivity contribution < 1.29 is 14.9 Å². The van der Waals surface area contributed by atoms with Gasteiger partial charge in [0.2, 0.25) is 0 Å². The van der Waals surface area contributed by atoms with Crippen molar-refractivity contribution in [1.82, 2.24) is 0 Å². The summed E-state index contributed by atoms with van der Waals surface area (Å²) in [5.41, 5.74) is 0. The molecule has 0 bridgehead atoms. The highest BCUT2D eigenvalue weighted by molar-refractivity contribution is 7.99. The second kappa shape index (κ2) is 8.39. The van der Waals surface area contributed by atoms with Gasteiger partial charge in [0.05, 0.1) is 7.11 Å². The van der Waals surface area contributed by atoms with E-state index >= 15 is 0 Å². The molecule has 0 amide bonds. The average Bonchev–Trinajstić information content (AvgIpc) is 2.33. The Morgan fingerprint density at radius 2 is 2.06 bits per heavy atom. The molecule has 0 radical (unpaired) electrons. The summed E-state index contributed by atoms with van der Waals surface area (Å²) < 4.78 is 5.16. The lowest BCUT2D eigenvalue weighted by Gasteiger charge is -2.05. The van der Waals surface area contributed by atoms with Gasteiger partial charge in [0.15, 0.2) is 6.29 Å². The zero-order valence-corrected chi connectivity index (χ0v) is 10.9. The molecule has 0 unspecified atom stereocenters. The van der Waals surface area contributed by atoms with Crippen LogP contribution in [0.1, 0.15) is 25.7 Å². The monoisotopic (exact) mass is 256 g/mol. The maximum Gasteiger partial charge on any atom is 0.151 e. The van der Waals surface area contributed by atoms with Crippen molar-refractivity contribution in [3.05, 3.63) is 24.3 Å². The first-order valence-electron chi connectivity index (χ1n) is 5.85. The Kier molecular flexibility index (Phi) is 7.08. The predicted octanol–water partition coefficient (Wildman–Crippen LogP) is 2.66. The Morgan fingerprint density at radius 1 is 1.24 bits per heavy atom.